The van der Waals surface area contributed by atoms with Gasteiger partial charge in [-0.2, -0.15) is 0 Å². The number of hydrogen-bond donors (Lipinski definition) is 2. The van der Waals surface area contributed by atoms with Crippen molar-refractivity contribution in [3.8, 4) is 0 Å². The van der Waals surface area contributed by atoms with Crippen molar-refractivity contribution in [2.45, 2.75) is 39.3 Å². The summed E-state index contributed by atoms with van der Waals surface area (Å²) in [6.45, 7) is 12.3. The first kappa shape index (κ1) is 26.5. The maximum absolute atomic E-state index is 4.82. The summed E-state index contributed by atoms with van der Waals surface area (Å²) >= 11 is 0. The Bertz CT molecular complexity index is 904. The molecule has 1 aromatic heterocycles. The van der Waals surface area contributed by atoms with Crippen molar-refractivity contribution in [1.82, 2.24) is 20.5 Å². The lowest BCUT2D eigenvalue weighted by Gasteiger charge is -2.33. The smallest absolute Gasteiger partial charge is 0.192 e. The van der Waals surface area contributed by atoms with Crippen LogP contribution in [0, 0.1) is 0 Å². The van der Waals surface area contributed by atoms with Gasteiger partial charge in [0.1, 0.15) is 5.82 Å². The van der Waals surface area contributed by atoms with Gasteiger partial charge in [0.25, 0.3) is 0 Å². The zero-order valence-corrected chi connectivity index (χ0v) is 23.2. The van der Waals surface area contributed by atoms with Crippen LogP contribution >= 0.6 is 24.0 Å². The lowest BCUT2D eigenvalue weighted by Crippen LogP contribution is -2.44. The summed E-state index contributed by atoms with van der Waals surface area (Å²) in [4.78, 5) is 16.7. The van der Waals surface area contributed by atoms with Crippen LogP contribution in [0.15, 0.2) is 47.6 Å². The zero-order valence-electron chi connectivity index (χ0n) is 20.8. The molecule has 0 radical (unpaired) electrons. The third-order valence-corrected chi connectivity index (χ3v) is 6.60. The van der Waals surface area contributed by atoms with Gasteiger partial charge in [-0.15, -0.1) is 24.0 Å². The van der Waals surface area contributed by atoms with Crippen LogP contribution in [0.1, 0.15) is 43.9 Å². The number of rotatable bonds is 7. The fourth-order valence-corrected chi connectivity index (χ4v) is 4.48. The minimum atomic E-state index is 0. The molecule has 2 aliphatic heterocycles. The number of guanidine groups is 1. The highest BCUT2D eigenvalue weighted by molar-refractivity contribution is 14.0. The Morgan fingerprint density at radius 3 is 2.47 bits per heavy atom. The molecule has 3 heterocycles. The van der Waals surface area contributed by atoms with E-state index >= 15 is 0 Å². The third-order valence-electron chi connectivity index (χ3n) is 6.60. The topological polar surface area (TPSA) is 59.0 Å². The fourth-order valence-electron chi connectivity index (χ4n) is 4.48. The van der Waals surface area contributed by atoms with Crippen LogP contribution in [-0.2, 0) is 6.54 Å². The molecule has 34 heavy (non-hydrogen) atoms. The van der Waals surface area contributed by atoms with Gasteiger partial charge in [0.05, 0.1) is 12.6 Å². The van der Waals surface area contributed by atoms with Crippen LogP contribution in [0.2, 0.25) is 0 Å². The van der Waals surface area contributed by atoms with E-state index in [4.69, 9.17) is 9.98 Å². The molecule has 2 aromatic rings. The second kappa shape index (κ2) is 13.1. The van der Waals surface area contributed by atoms with Gasteiger partial charge in [-0.25, -0.2) is 9.98 Å². The highest BCUT2D eigenvalue weighted by Gasteiger charge is 2.16. The molecule has 1 unspecified atom stereocenters. The number of likely N-dealkylation sites (N-methyl/N-ethyl adjacent to an activating group) is 1. The van der Waals surface area contributed by atoms with Crippen molar-refractivity contribution in [2.75, 3.05) is 62.7 Å². The molecule has 0 bridgehead atoms. The minimum Gasteiger partial charge on any atom is -0.372 e. The summed E-state index contributed by atoms with van der Waals surface area (Å²) in [5.41, 5.74) is 3.73. The second-order valence-corrected chi connectivity index (χ2v) is 9.17. The van der Waals surface area contributed by atoms with E-state index in [-0.39, 0.29) is 30.0 Å². The van der Waals surface area contributed by atoms with Crippen LogP contribution < -0.4 is 20.4 Å². The van der Waals surface area contributed by atoms with Crippen LogP contribution in [0.3, 0.4) is 0 Å². The van der Waals surface area contributed by atoms with Crippen LogP contribution in [0.5, 0.6) is 0 Å². The number of nitrogens with zero attached hydrogens (tertiary/aromatic N) is 5. The molecule has 4 rings (SSSR count). The number of benzene rings is 1. The number of aliphatic imine (C=N–C) groups is 1. The van der Waals surface area contributed by atoms with Gasteiger partial charge in [0.15, 0.2) is 5.96 Å². The van der Waals surface area contributed by atoms with E-state index in [1.54, 1.807) is 0 Å². The standard InChI is InChI=1S/C26H39N7.HI/c1-4-27-26(30-21(2)23-8-7-9-24(18-23)32-12-5-6-13-32)29-20-22-10-11-25(28-19-22)33-16-14-31(3)15-17-33;/h7-11,18-19,21H,4-6,12-17,20H2,1-3H3,(H2,27,29,30);1H. The van der Waals surface area contributed by atoms with Crippen molar-refractivity contribution in [1.29, 1.82) is 0 Å². The molecule has 2 aliphatic rings. The Hall–Kier alpha value is -2.07. The highest BCUT2D eigenvalue weighted by Crippen LogP contribution is 2.24. The molecule has 0 saturated carbocycles. The Morgan fingerprint density at radius 2 is 1.79 bits per heavy atom. The molecular weight excluding hydrogens is 537 g/mol. The van der Waals surface area contributed by atoms with Crippen LogP contribution in [0.4, 0.5) is 11.5 Å². The van der Waals surface area contributed by atoms with E-state index < -0.39 is 0 Å². The van der Waals surface area contributed by atoms with Crippen molar-refractivity contribution >= 4 is 41.4 Å². The monoisotopic (exact) mass is 577 g/mol. The normalized spacial score (nSPS) is 17.9. The summed E-state index contributed by atoms with van der Waals surface area (Å²) < 4.78 is 0. The summed E-state index contributed by atoms with van der Waals surface area (Å²) in [5, 5.41) is 6.96. The van der Waals surface area contributed by atoms with Crippen LogP contribution in [-0.4, -0.2) is 68.7 Å². The molecule has 2 N–H and O–H groups in total. The Kier molecular flexibility index (Phi) is 10.2. The molecule has 7 nitrogen and oxygen atoms in total. The number of anilines is 2. The van der Waals surface area contributed by atoms with E-state index in [1.807, 2.05) is 6.20 Å². The number of piperazine rings is 1. The SMILES string of the molecule is CCNC(=NCc1ccc(N2CCN(C)CC2)nc1)NC(C)c1cccc(N2CCCC2)c1.I. The number of halogens is 1. The van der Waals surface area contributed by atoms with E-state index in [1.165, 1.54) is 24.1 Å². The predicted octanol–water partition coefficient (Wildman–Crippen LogP) is 3.87. The predicted molar refractivity (Wildman–Crippen MR) is 154 cm³/mol. The molecule has 1 atom stereocenters. The average molecular weight is 578 g/mol. The van der Waals surface area contributed by atoms with Gasteiger partial charge in [0.2, 0.25) is 0 Å². The van der Waals surface area contributed by atoms with E-state index in [9.17, 15) is 0 Å². The lowest BCUT2D eigenvalue weighted by molar-refractivity contribution is 0.312. The van der Waals surface area contributed by atoms with E-state index in [2.05, 4.69) is 82.6 Å². The van der Waals surface area contributed by atoms with Crippen molar-refractivity contribution in [2.24, 2.45) is 4.99 Å². The Balaban J connectivity index is 0.00000324. The molecule has 1 aromatic carbocycles. The number of nitrogens with one attached hydrogen (secondary N) is 2. The summed E-state index contributed by atoms with van der Waals surface area (Å²) in [6, 6.07) is 13.3. The van der Waals surface area contributed by atoms with Crippen LogP contribution in [0.25, 0.3) is 0 Å². The largest absolute Gasteiger partial charge is 0.372 e. The first-order chi connectivity index (χ1) is 16.1. The lowest BCUT2D eigenvalue weighted by atomic mass is 10.1. The molecular formula is C26H40IN7. The van der Waals surface area contributed by atoms with Gasteiger partial charge in [0, 0.05) is 57.7 Å². The maximum atomic E-state index is 4.82. The third kappa shape index (κ3) is 7.21. The summed E-state index contributed by atoms with van der Waals surface area (Å²) in [6.07, 6.45) is 4.55. The summed E-state index contributed by atoms with van der Waals surface area (Å²) in [5.74, 6) is 1.90. The molecule has 0 amide bonds. The van der Waals surface area contributed by atoms with Crippen molar-refractivity contribution in [3.05, 3.63) is 53.7 Å². The van der Waals surface area contributed by atoms with E-state index in [0.717, 1.165) is 63.2 Å². The molecule has 8 heteroatoms. The zero-order chi connectivity index (χ0) is 23.0. The molecule has 0 spiro atoms. The maximum Gasteiger partial charge on any atom is 0.192 e. The average Bonchev–Trinajstić information content (AvgIpc) is 3.39. The Labute approximate surface area is 222 Å². The number of aromatic nitrogens is 1. The van der Waals surface area contributed by atoms with E-state index in [0.29, 0.717) is 6.54 Å². The highest BCUT2D eigenvalue weighted by atomic mass is 127. The van der Waals surface area contributed by atoms with Gasteiger partial charge in [-0.1, -0.05) is 18.2 Å². The molecule has 0 aliphatic carbocycles. The quantitative estimate of drug-likeness (QED) is 0.296. The first-order valence-corrected chi connectivity index (χ1v) is 12.4. The minimum absolute atomic E-state index is 0. The molecule has 2 fully saturated rings. The fraction of sp³-hybridized carbons (Fsp3) is 0.538. The van der Waals surface area contributed by atoms with Gasteiger partial charge >= 0.3 is 0 Å². The second-order valence-electron chi connectivity index (χ2n) is 9.17. The van der Waals surface area contributed by atoms with Crippen molar-refractivity contribution < 1.29 is 0 Å². The Morgan fingerprint density at radius 1 is 1.03 bits per heavy atom. The van der Waals surface area contributed by atoms with Gasteiger partial charge < -0.3 is 25.3 Å². The number of hydrogen-bond acceptors (Lipinski definition) is 5. The first-order valence-electron chi connectivity index (χ1n) is 12.4. The molecule has 186 valence electrons. The number of pyridine rings is 1. The van der Waals surface area contributed by atoms with Gasteiger partial charge in [-0.3, -0.25) is 0 Å². The van der Waals surface area contributed by atoms with Crippen molar-refractivity contribution in [3.63, 3.8) is 0 Å². The van der Waals surface area contributed by atoms with Gasteiger partial charge in [-0.05, 0) is 63.1 Å². The summed E-state index contributed by atoms with van der Waals surface area (Å²) in [7, 11) is 2.17. The molecule has 2 saturated heterocycles.